The minimum Gasteiger partial charge on any atom is -0.496 e. The van der Waals surface area contributed by atoms with Crippen LogP contribution in [0.25, 0.3) is 0 Å². The molecule has 5 nitrogen and oxygen atoms in total. The summed E-state index contributed by atoms with van der Waals surface area (Å²) in [6.07, 6.45) is -1.98. The molecule has 7 heteroatoms. The first-order chi connectivity index (χ1) is 16.2. The minimum atomic E-state index is -1.71. The molecule has 0 spiro atoms. The number of fused-ring (bicyclic) bond motifs is 3. The van der Waals surface area contributed by atoms with Gasteiger partial charge < -0.3 is 19.7 Å². The van der Waals surface area contributed by atoms with E-state index in [0.29, 0.717) is 28.8 Å². The second kappa shape index (κ2) is 9.78. The van der Waals surface area contributed by atoms with Crippen LogP contribution in [0.4, 0.5) is 0 Å². The number of halogens is 1. The molecule has 182 valence electrons. The van der Waals surface area contributed by atoms with Gasteiger partial charge in [0.2, 0.25) is 0 Å². The normalized spacial score (nSPS) is 28.2. The molecular formula is C27H31BrO5S. The average molecular weight is 548 g/mol. The monoisotopic (exact) mass is 546 g/mol. The summed E-state index contributed by atoms with van der Waals surface area (Å²) in [5.41, 5.74) is 0.0604. The summed E-state index contributed by atoms with van der Waals surface area (Å²) in [6.45, 7) is 6.11. The number of aliphatic hydroxyl groups excluding tert-OH is 1. The van der Waals surface area contributed by atoms with E-state index in [4.69, 9.17) is 9.47 Å². The van der Waals surface area contributed by atoms with E-state index >= 15 is 0 Å². The summed E-state index contributed by atoms with van der Waals surface area (Å²) in [6, 6.07) is 15.6. The zero-order chi connectivity index (χ0) is 24.7. The fraction of sp³-hybridized carbons (Fsp3) is 0.444. The van der Waals surface area contributed by atoms with E-state index in [1.807, 2.05) is 63.2 Å². The number of hydrogen-bond acceptors (Lipinski definition) is 6. The lowest BCUT2D eigenvalue weighted by Crippen LogP contribution is -2.58. The lowest BCUT2D eigenvalue weighted by Gasteiger charge is -2.54. The number of ketones is 1. The molecule has 0 saturated heterocycles. The van der Waals surface area contributed by atoms with E-state index in [-0.39, 0.29) is 17.5 Å². The van der Waals surface area contributed by atoms with Gasteiger partial charge in [0, 0.05) is 27.6 Å². The first-order valence-corrected chi connectivity index (χ1v) is 13.4. The van der Waals surface area contributed by atoms with Gasteiger partial charge in [-0.05, 0) is 41.8 Å². The highest BCUT2D eigenvalue weighted by atomic mass is 79.9. The Hall–Kier alpha value is -1.64. The minimum absolute atomic E-state index is 0.160. The van der Waals surface area contributed by atoms with Crippen molar-refractivity contribution in [2.24, 2.45) is 5.41 Å². The van der Waals surface area contributed by atoms with Crippen LogP contribution < -0.4 is 4.74 Å². The van der Waals surface area contributed by atoms with Crippen LogP contribution in [0.3, 0.4) is 0 Å². The van der Waals surface area contributed by atoms with E-state index in [2.05, 4.69) is 15.9 Å². The SMILES string of the molecule is COc1cccc2c1[C@H](O)[C@]1(O)CC(=O)C(C)=C([C@@H](Sc3ccccc3)[C@@H]2OCCBr)C1(C)C. The molecule has 2 bridgehead atoms. The standard InChI is InChI=1S/C27H31BrO5S/c1-16-19(29)15-27(31)25(30)21-18(11-8-12-20(21)32-4)23(33-14-13-28)24(22(16)26(27,2)3)34-17-9-6-5-7-10-17/h5-12,23-25,30-31H,13-15H2,1-4H3/t23-,24-,25+,27-/m1/s1. The number of hydrogen-bond donors (Lipinski definition) is 2. The number of aliphatic hydroxyl groups is 2. The summed E-state index contributed by atoms with van der Waals surface area (Å²) in [7, 11) is 1.54. The highest BCUT2D eigenvalue weighted by Crippen LogP contribution is 2.60. The van der Waals surface area contributed by atoms with Crippen molar-refractivity contribution in [2.75, 3.05) is 19.0 Å². The fourth-order valence-electron chi connectivity index (χ4n) is 5.41. The summed E-state index contributed by atoms with van der Waals surface area (Å²) < 4.78 is 12.1. The van der Waals surface area contributed by atoms with Crippen LogP contribution in [0.2, 0.25) is 0 Å². The van der Waals surface area contributed by atoms with Crippen molar-refractivity contribution in [3.63, 3.8) is 0 Å². The number of alkyl halides is 1. The lowest BCUT2D eigenvalue weighted by molar-refractivity contribution is -0.162. The Morgan fingerprint density at radius 2 is 1.85 bits per heavy atom. The molecule has 0 aliphatic heterocycles. The zero-order valence-corrected chi connectivity index (χ0v) is 22.3. The van der Waals surface area contributed by atoms with E-state index in [1.165, 1.54) is 0 Å². The molecule has 0 radical (unpaired) electrons. The van der Waals surface area contributed by atoms with E-state index in [9.17, 15) is 15.0 Å². The Kier molecular flexibility index (Phi) is 7.32. The summed E-state index contributed by atoms with van der Waals surface area (Å²) in [5, 5.41) is 24.1. The van der Waals surface area contributed by atoms with Gasteiger partial charge in [0.1, 0.15) is 17.5 Å². The van der Waals surface area contributed by atoms with Crippen LogP contribution in [0.5, 0.6) is 5.75 Å². The molecule has 2 aromatic rings. The number of ether oxygens (including phenoxy) is 2. The van der Waals surface area contributed by atoms with Gasteiger partial charge in [-0.15, -0.1) is 11.8 Å². The van der Waals surface area contributed by atoms with Crippen molar-refractivity contribution in [1.29, 1.82) is 0 Å². The highest BCUT2D eigenvalue weighted by Gasteiger charge is 2.60. The molecule has 2 aliphatic carbocycles. The second-order valence-electron chi connectivity index (χ2n) is 9.39. The molecular weight excluding hydrogens is 516 g/mol. The van der Waals surface area contributed by atoms with E-state index < -0.39 is 23.2 Å². The number of carbonyl (C=O) groups is 1. The topological polar surface area (TPSA) is 76.0 Å². The van der Waals surface area contributed by atoms with Crippen LogP contribution in [0.15, 0.2) is 64.6 Å². The van der Waals surface area contributed by atoms with Crippen molar-refractivity contribution in [3.8, 4) is 5.75 Å². The maximum absolute atomic E-state index is 13.3. The van der Waals surface area contributed by atoms with Crippen molar-refractivity contribution in [1.82, 2.24) is 0 Å². The summed E-state index contributed by atoms with van der Waals surface area (Å²) in [4.78, 5) is 14.3. The van der Waals surface area contributed by atoms with E-state index in [0.717, 1.165) is 16.0 Å². The van der Waals surface area contributed by atoms with E-state index in [1.54, 1.807) is 24.9 Å². The largest absolute Gasteiger partial charge is 0.496 e. The third kappa shape index (κ3) is 4.05. The van der Waals surface area contributed by atoms with Crippen LogP contribution in [0.1, 0.15) is 50.5 Å². The van der Waals surface area contributed by atoms with Gasteiger partial charge in [-0.25, -0.2) is 0 Å². The fourth-order valence-corrected chi connectivity index (χ4v) is 7.14. The average Bonchev–Trinajstić information content (AvgIpc) is 2.82. The van der Waals surface area contributed by atoms with Crippen LogP contribution >= 0.6 is 27.7 Å². The van der Waals surface area contributed by atoms with Crippen molar-refractivity contribution < 1.29 is 24.5 Å². The van der Waals surface area contributed by atoms with Crippen LogP contribution in [-0.4, -0.2) is 45.9 Å². The molecule has 0 aromatic heterocycles. The number of Topliss-reactive ketones (excluding diaryl/α,β-unsaturated/α-hetero) is 1. The van der Waals surface area contributed by atoms with Gasteiger partial charge >= 0.3 is 0 Å². The van der Waals surface area contributed by atoms with Crippen molar-refractivity contribution >= 4 is 33.5 Å². The number of methoxy groups -OCH3 is 1. The predicted molar refractivity (Wildman–Crippen MR) is 138 cm³/mol. The van der Waals surface area contributed by atoms with Gasteiger partial charge in [0.05, 0.1) is 25.1 Å². The Bertz CT molecular complexity index is 1100. The molecule has 34 heavy (non-hydrogen) atoms. The van der Waals surface area contributed by atoms with Crippen molar-refractivity contribution in [3.05, 3.63) is 70.8 Å². The third-order valence-corrected chi connectivity index (χ3v) is 8.91. The molecule has 2 aromatic carbocycles. The molecule has 0 heterocycles. The lowest BCUT2D eigenvalue weighted by atomic mass is 9.56. The van der Waals surface area contributed by atoms with Gasteiger partial charge in [-0.2, -0.15) is 0 Å². The zero-order valence-electron chi connectivity index (χ0n) is 19.9. The number of thioether (sulfide) groups is 1. The summed E-state index contributed by atoms with van der Waals surface area (Å²) >= 11 is 5.09. The van der Waals surface area contributed by atoms with Crippen LogP contribution in [-0.2, 0) is 9.53 Å². The first kappa shape index (κ1) is 25.5. The van der Waals surface area contributed by atoms with Gasteiger partial charge in [0.25, 0.3) is 0 Å². The molecule has 4 atom stereocenters. The molecule has 2 aliphatic rings. The molecule has 0 amide bonds. The quantitative estimate of drug-likeness (QED) is 0.472. The maximum Gasteiger partial charge on any atom is 0.161 e. The smallest absolute Gasteiger partial charge is 0.161 e. The number of allylic oxidation sites excluding steroid dienone is 1. The molecule has 0 unspecified atom stereocenters. The number of carbonyl (C=O) groups excluding carboxylic acids is 1. The van der Waals surface area contributed by atoms with Crippen molar-refractivity contribution in [2.45, 2.75) is 55.1 Å². The van der Waals surface area contributed by atoms with Gasteiger partial charge in [-0.3, -0.25) is 4.79 Å². The molecule has 2 N–H and O–H groups in total. The molecule has 0 fully saturated rings. The highest BCUT2D eigenvalue weighted by molar-refractivity contribution is 9.09. The predicted octanol–water partition coefficient (Wildman–Crippen LogP) is 5.40. The van der Waals surface area contributed by atoms with Gasteiger partial charge in [0.15, 0.2) is 5.78 Å². The Balaban J connectivity index is 2.06. The molecule has 0 saturated carbocycles. The third-order valence-electron chi connectivity index (χ3n) is 7.30. The first-order valence-electron chi connectivity index (χ1n) is 11.4. The number of benzene rings is 2. The molecule has 4 rings (SSSR count). The Labute approximate surface area is 213 Å². The van der Waals surface area contributed by atoms with Gasteiger partial charge in [-0.1, -0.05) is 60.1 Å². The second-order valence-corrected chi connectivity index (χ2v) is 11.4. The maximum atomic E-state index is 13.3. The Morgan fingerprint density at radius 3 is 2.50 bits per heavy atom. The van der Waals surface area contributed by atoms with Crippen LogP contribution in [0, 0.1) is 5.41 Å². The Morgan fingerprint density at radius 1 is 1.15 bits per heavy atom. The summed E-state index contributed by atoms with van der Waals surface area (Å²) in [5.74, 6) is 0.305. The number of rotatable bonds is 6.